The van der Waals surface area contributed by atoms with Crippen LogP contribution >= 0.6 is 0 Å². The summed E-state index contributed by atoms with van der Waals surface area (Å²) in [6.45, 7) is 40.3. The van der Waals surface area contributed by atoms with Gasteiger partial charge in [-0.2, -0.15) is 32.0 Å². The van der Waals surface area contributed by atoms with Crippen LogP contribution in [0.4, 0.5) is 0 Å². The predicted molar refractivity (Wildman–Crippen MR) is 514 cm³/mol. The van der Waals surface area contributed by atoms with Crippen molar-refractivity contribution < 1.29 is 65.1 Å². The quantitative estimate of drug-likeness (QED) is 0.128. The third-order valence-electron chi connectivity index (χ3n) is 24.6. The number of hydrogen-bond donors (Lipinski definition) is 0. The zero-order valence-electron chi connectivity index (χ0n) is 76.0. The van der Waals surface area contributed by atoms with E-state index in [-0.39, 0.29) is 0 Å². The Bertz CT molecular complexity index is 6590. The number of aromatic nitrogens is 7. The van der Waals surface area contributed by atoms with E-state index < -0.39 is 24.2 Å². The summed E-state index contributed by atoms with van der Waals surface area (Å²) in [6, 6.07) is 106. The highest BCUT2D eigenvalue weighted by Gasteiger charge is 2.38. The summed E-state index contributed by atoms with van der Waals surface area (Å²) in [5.41, 5.74) is 27.9. The molecule has 9 aromatic carbocycles. The summed E-state index contributed by atoms with van der Waals surface area (Å²) in [5.74, 6) is 7.26. The van der Waals surface area contributed by atoms with Gasteiger partial charge in [-0.3, -0.25) is 0 Å². The molecule has 0 saturated carbocycles. The van der Waals surface area contributed by atoms with Crippen LogP contribution in [0, 0.1) is 48.5 Å². The molecule has 7 aromatic heterocycles. The first-order chi connectivity index (χ1) is 61.4. The van der Waals surface area contributed by atoms with Gasteiger partial charge in [0.25, 0.3) is 47.1 Å². The minimum Gasteiger partial charge on any atom is -0.435 e. The lowest BCUT2D eigenvalue weighted by atomic mass is 9.98. The van der Waals surface area contributed by atoms with E-state index in [1.807, 2.05) is 24.4 Å². The zero-order chi connectivity index (χ0) is 88.4. The smallest absolute Gasteiger partial charge is 0.292 e. The van der Waals surface area contributed by atoms with Gasteiger partial charge in [0, 0.05) is 118 Å². The van der Waals surface area contributed by atoms with E-state index in [4.69, 9.17) is 33.2 Å². The molecule has 0 aliphatic carbocycles. The fourth-order valence-corrected chi connectivity index (χ4v) is 22.4. The maximum Gasteiger partial charge on any atom is 0.292 e. The Labute approximate surface area is 750 Å². The lowest BCUT2D eigenvalue weighted by molar-refractivity contribution is -0.723. The first-order valence-corrected chi connectivity index (χ1v) is 54.5. The molecule has 16 aromatic rings. The van der Waals surface area contributed by atoms with E-state index in [9.17, 15) is 0 Å². The molecule has 0 spiro atoms. The van der Waals surface area contributed by atoms with Gasteiger partial charge < -0.3 is 33.2 Å². The second kappa shape index (κ2) is 36.2. The predicted octanol–water partition coefficient (Wildman–Crippen LogP) is 20.6. The number of aryl methyl sites for hydroxylation is 7. The van der Waals surface area contributed by atoms with Crippen LogP contribution < -0.4 is 80.8 Å². The number of pyridine rings is 7. The Kier molecular flexibility index (Phi) is 24.5. The standard InChI is InChI=1S/C19H16NO.C18H26NOSi2.C17H14NO.C15H18NOSi.2C14H14NO.C13H12NO/c1-14-7-5-12-18-17-11-6-10-16(15-8-3-2-4-9-15)19(17)21-13-20(14)18;1-21(2,3)16-11-7-9-14-15-10-8-12-17(22(4,5)6)19(15)13-20-18(14)16;1-12-5-4-8-16-15-10-9-13-6-2-3-7-14(13)17(15)19-11-18(12)16;1-18(2,3)14-9-6-7-12-13-8-4-5-10-16(13)11-17-15(12)14;2*1-10-5-3-7-12-13-8-4-6-11(2)15(13)9-16-14(10)12;1-10-5-4-6-11-12-7-2-3-8-14(12)9-15-13(10)11/h2-12H,13H2,1H3;7-12H,13H2,1-6H3;2-10H,11H2,1H3;4-10H,11H2,1-3H3;2*3-8H,9H2,1-2H3;2-8H,9H2,1H3/q7*+1. The monoisotopic (exact) mass is 1730 g/mol. The number of rotatable bonds is 4. The molecule has 23 rings (SSSR count). The topological polar surface area (TPSA) is 91.8 Å². The van der Waals surface area contributed by atoms with Crippen molar-refractivity contribution in [3.05, 3.63) is 355 Å². The number of para-hydroxylation sites is 6. The maximum absolute atomic E-state index is 6.26. The molecular formula is C110H114N7O7Si3+7. The Balaban J connectivity index is 0.000000105. The van der Waals surface area contributed by atoms with Crippen LogP contribution in [0.2, 0.25) is 58.9 Å². The van der Waals surface area contributed by atoms with Crippen LogP contribution in [0.3, 0.4) is 0 Å². The van der Waals surface area contributed by atoms with E-state index in [1.165, 1.54) is 145 Å². The lowest BCUT2D eigenvalue weighted by Crippen LogP contribution is -2.63. The number of nitrogens with zero attached hydrogens (tertiary/aromatic N) is 7. The molecular weight excluding hydrogens is 1620 g/mol. The largest absolute Gasteiger partial charge is 0.435 e. The molecule has 0 radical (unpaired) electrons. The Hall–Kier alpha value is -13.5. The summed E-state index contributed by atoms with van der Waals surface area (Å²) in [4.78, 5) is 0. The number of hydrogen-bond acceptors (Lipinski definition) is 7. The van der Waals surface area contributed by atoms with Crippen molar-refractivity contribution in [2.45, 2.75) is 155 Å². The molecule has 0 amide bonds. The van der Waals surface area contributed by atoms with Crippen molar-refractivity contribution in [1.29, 1.82) is 0 Å². The highest BCUT2D eigenvalue weighted by atomic mass is 28.3. The molecule has 0 bridgehead atoms. The number of ether oxygens (including phenoxy) is 7. The first kappa shape index (κ1) is 85.7. The van der Waals surface area contributed by atoms with E-state index in [1.54, 1.807) is 0 Å². The molecule has 7 aliphatic rings. The minimum absolute atomic E-state index is 0.568. The van der Waals surface area contributed by atoms with Gasteiger partial charge in [0.05, 0.1) is 55.1 Å². The van der Waals surface area contributed by atoms with Crippen molar-refractivity contribution in [3.63, 3.8) is 0 Å². The molecule has 0 N–H and O–H groups in total. The van der Waals surface area contributed by atoms with Crippen molar-refractivity contribution in [2.75, 3.05) is 0 Å². The van der Waals surface area contributed by atoms with Crippen molar-refractivity contribution in [3.8, 4) is 130 Å². The molecule has 0 atom stereocenters. The molecule has 0 saturated heterocycles. The normalized spacial score (nSPS) is 12.9. The fraction of sp³-hybridized carbons (Fsp3) is 0.209. The van der Waals surface area contributed by atoms with Crippen LogP contribution in [0.15, 0.2) is 316 Å². The van der Waals surface area contributed by atoms with Gasteiger partial charge >= 0.3 is 0 Å². The number of benzene rings is 9. The van der Waals surface area contributed by atoms with Crippen LogP contribution in [-0.2, 0) is 47.1 Å². The Morgan fingerprint density at radius 3 is 0.976 bits per heavy atom. The Morgan fingerprint density at radius 1 is 0.213 bits per heavy atom. The third kappa shape index (κ3) is 17.6. The Morgan fingerprint density at radius 2 is 0.520 bits per heavy atom. The average molecular weight is 1730 g/mol. The molecule has 0 unspecified atom stereocenters. The van der Waals surface area contributed by atoms with Crippen LogP contribution in [0.25, 0.3) is 101 Å². The van der Waals surface area contributed by atoms with Gasteiger partial charge in [-0.15, -0.1) is 0 Å². The van der Waals surface area contributed by atoms with E-state index >= 15 is 0 Å². The summed E-state index contributed by atoms with van der Waals surface area (Å²) in [6.07, 6.45) is 4.11. The maximum atomic E-state index is 6.26. The van der Waals surface area contributed by atoms with Crippen molar-refractivity contribution in [2.24, 2.45) is 0 Å². The molecule has 17 heteroatoms. The van der Waals surface area contributed by atoms with E-state index in [2.05, 4.69) is 431 Å². The van der Waals surface area contributed by atoms with Crippen LogP contribution in [-0.4, -0.2) is 24.2 Å². The van der Waals surface area contributed by atoms with Gasteiger partial charge in [0.2, 0.25) is 39.9 Å². The van der Waals surface area contributed by atoms with Gasteiger partial charge in [-0.25, -0.2) is 0 Å². The van der Waals surface area contributed by atoms with Crippen LogP contribution in [0.5, 0.6) is 40.2 Å². The molecule has 0 fully saturated rings. The minimum atomic E-state index is -1.41. The summed E-state index contributed by atoms with van der Waals surface area (Å²) in [5, 5.41) is 6.70. The molecule has 14 nitrogen and oxygen atoms in total. The summed E-state index contributed by atoms with van der Waals surface area (Å²) >= 11 is 0. The average Bonchev–Trinajstić information content (AvgIpc) is 0.740. The third-order valence-corrected chi connectivity index (χ3v) is 30.5. The first-order valence-electron chi connectivity index (χ1n) is 44.0. The molecule has 636 valence electrons. The van der Waals surface area contributed by atoms with Gasteiger partial charge in [0.1, 0.15) is 40.2 Å². The second-order valence-electron chi connectivity index (χ2n) is 36.4. The van der Waals surface area contributed by atoms with Crippen LogP contribution in [0.1, 0.15) is 39.5 Å². The van der Waals surface area contributed by atoms with Crippen molar-refractivity contribution in [1.82, 2.24) is 0 Å². The zero-order valence-corrected chi connectivity index (χ0v) is 79.0. The second-order valence-corrected chi connectivity index (χ2v) is 51.4. The highest BCUT2D eigenvalue weighted by Crippen LogP contribution is 2.43. The van der Waals surface area contributed by atoms with E-state index in [0.29, 0.717) is 47.1 Å². The molecule has 127 heavy (non-hydrogen) atoms. The van der Waals surface area contributed by atoms with E-state index in [0.717, 1.165) is 51.4 Å². The summed E-state index contributed by atoms with van der Waals surface area (Å²) in [7, 11) is -4.17. The van der Waals surface area contributed by atoms with Gasteiger partial charge in [-0.05, 0) is 150 Å². The molecule has 14 heterocycles. The van der Waals surface area contributed by atoms with Crippen molar-refractivity contribution >= 4 is 50.7 Å². The van der Waals surface area contributed by atoms with Gasteiger partial charge in [0.15, 0.2) is 48.6 Å². The number of fused-ring (bicyclic) bond motifs is 23. The van der Waals surface area contributed by atoms with Gasteiger partial charge in [-0.1, -0.05) is 192 Å². The SMILES string of the molecule is C[Si](C)(C)c1cccc2c1OC[n+]1c-2cccc1[Si](C)(C)C.C[Si](C)(C)c1cccc2c1OC[n+]1ccccc1-2.Cc1cccc2[n+]1COc1c(-c3ccccc3)cccc1-2.Cc1cccc2[n+]1COc1c-2ccc2ccccc12.Cc1cccc2c1OC[n+]1c(C)cccc1-2.Cc1cccc2c1OC[n+]1c(C)cccc1-2.Cc1cccc2c1OC[n+]1ccccc1-2. The lowest BCUT2D eigenvalue weighted by Gasteiger charge is -2.26. The summed E-state index contributed by atoms with van der Waals surface area (Å²) < 4.78 is 57.2. The molecule has 7 aliphatic heterocycles. The highest BCUT2D eigenvalue weighted by molar-refractivity contribution is 6.90. The fourth-order valence-electron chi connectivity index (χ4n) is 17.8.